The van der Waals surface area contributed by atoms with Gasteiger partial charge in [-0.15, -0.1) is 0 Å². The molecule has 1 heterocycles. The summed E-state index contributed by atoms with van der Waals surface area (Å²) in [5.74, 6) is 0. The van der Waals surface area contributed by atoms with Crippen LogP contribution in [0.2, 0.25) is 0 Å². The number of allylic oxidation sites excluding steroid dienone is 6. The first-order chi connectivity index (χ1) is 9.81. The summed E-state index contributed by atoms with van der Waals surface area (Å²) in [4.78, 5) is 0. The van der Waals surface area contributed by atoms with Crippen LogP contribution >= 0.6 is 0 Å². The SMILES string of the molecule is CC(C)=CCC/C(C)=C/CC/C=C(\C)CCC1OC1(C)C. The van der Waals surface area contributed by atoms with E-state index in [9.17, 15) is 0 Å². The van der Waals surface area contributed by atoms with Crippen molar-refractivity contribution in [3.63, 3.8) is 0 Å². The number of unbranched alkanes of at least 4 members (excludes halogenated alkanes) is 1. The smallest absolute Gasteiger partial charge is 0.0892 e. The largest absolute Gasteiger partial charge is 0.367 e. The van der Waals surface area contributed by atoms with Crippen molar-refractivity contribution in [3.05, 3.63) is 34.9 Å². The van der Waals surface area contributed by atoms with Crippen molar-refractivity contribution in [3.8, 4) is 0 Å². The molecule has 0 aromatic heterocycles. The standard InChI is InChI=1S/C20H34O/c1-16(2)10-9-13-17(3)11-7-8-12-18(4)14-15-19-20(5,6)21-19/h10-12,19H,7-9,13-15H2,1-6H3/b17-11+,18-12+. The number of epoxide rings is 1. The molecule has 0 bridgehead atoms. The summed E-state index contributed by atoms with van der Waals surface area (Å²) in [7, 11) is 0. The topological polar surface area (TPSA) is 12.5 Å². The van der Waals surface area contributed by atoms with Crippen LogP contribution in [0.1, 0.15) is 80.1 Å². The maximum absolute atomic E-state index is 5.62. The molecule has 0 radical (unpaired) electrons. The van der Waals surface area contributed by atoms with Gasteiger partial charge in [0.05, 0.1) is 11.7 Å². The molecular formula is C20H34O. The van der Waals surface area contributed by atoms with E-state index in [0.29, 0.717) is 6.10 Å². The van der Waals surface area contributed by atoms with Crippen molar-refractivity contribution in [1.29, 1.82) is 0 Å². The van der Waals surface area contributed by atoms with E-state index in [-0.39, 0.29) is 5.60 Å². The molecule has 0 aliphatic carbocycles. The molecule has 120 valence electrons. The van der Waals surface area contributed by atoms with Crippen LogP contribution in [-0.2, 0) is 4.74 Å². The van der Waals surface area contributed by atoms with E-state index in [1.807, 2.05) is 0 Å². The summed E-state index contributed by atoms with van der Waals surface area (Å²) in [6, 6.07) is 0. The molecule has 0 aromatic rings. The van der Waals surface area contributed by atoms with E-state index in [2.05, 4.69) is 59.8 Å². The molecule has 1 heteroatoms. The van der Waals surface area contributed by atoms with Gasteiger partial charge < -0.3 is 4.74 Å². The Kier molecular flexibility index (Phi) is 7.45. The monoisotopic (exact) mass is 290 g/mol. The van der Waals surface area contributed by atoms with Gasteiger partial charge in [-0.25, -0.2) is 0 Å². The average molecular weight is 290 g/mol. The minimum atomic E-state index is 0.144. The van der Waals surface area contributed by atoms with E-state index in [1.54, 1.807) is 0 Å². The predicted molar refractivity (Wildman–Crippen MR) is 93.6 cm³/mol. The van der Waals surface area contributed by atoms with Gasteiger partial charge in [0, 0.05) is 0 Å². The second kappa shape index (κ2) is 8.58. The highest BCUT2D eigenvalue weighted by Crippen LogP contribution is 2.38. The average Bonchev–Trinajstić information content (AvgIpc) is 2.99. The third kappa shape index (κ3) is 8.26. The minimum Gasteiger partial charge on any atom is -0.367 e. The zero-order valence-electron chi connectivity index (χ0n) is 15.0. The lowest BCUT2D eigenvalue weighted by Crippen LogP contribution is -2.02. The first kappa shape index (κ1) is 18.2. The van der Waals surface area contributed by atoms with E-state index in [4.69, 9.17) is 4.74 Å². The Hall–Kier alpha value is -0.820. The lowest BCUT2D eigenvalue weighted by molar-refractivity contribution is 0.320. The van der Waals surface area contributed by atoms with Crippen molar-refractivity contribution in [2.75, 3.05) is 0 Å². The fourth-order valence-electron chi connectivity index (χ4n) is 2.55. The van der Waals surface area contributed by atoms with Crippen molar-refractivity contribution in [1.82, 2.24) is 0 Å². The summed E-state index contributed by atoms with van der Waals surface area (Å²) >= 11 is 0. The summed E-state index contributed by atoms with van der Waals surface area (Å²) in [5.41, 5.74) is 4.60. The summed E-state index contributed by atoms with van der Waals surface area (Å²) < 4.78 is 5.62. The Labute approximate surface area is 132 Å². The van der Waals surface area contributed by atoms with Crippen LogP contribution in [0.4, 0.5) is 0 Å². The molecule has 1 aliphatic rings. The molecule has 1 nitrogen and oxygen atoms in total. The number of rotatable bonds is 9. The van der Waals surface area contributed by atoms with Crippen LogP contribution in [0.25, 0.3) is 0 Å². The molecule has 1 rings (SSSR count). The molecule has 0 N–H and O–H groups in total. The molecule has 1 fully saturated rings. The van der Waals surface area contributed by atoms with Crippen molar-refractivity contribution in [2.24, 2.45) is 0 Å². The van der Waals surface area contributed by atoms with Crippen molar-refractivity contribution < 1.29 is 4.74 Å². The molecular weight excluding hydrogens is 256 g/mol. The number of hydrogen-bond acceptors (Lipinski definition) is 1. The third-order valence-corrected chi connectivity index (χ3v) is 4.21. The molecule has 1 atom stereocenters. The summed E-state index contributed by atoms with van der Waals surface area (Å²) in [6.45, 7) is 13.2. The van der Waals surface area contributed by atoms with Crippen molar-refractivity contribution in [2.45, 2.75) is 91.8 Å². The molecule has 1 aliphatic heterocycles. The Morgan fingerprint density at radius 3 is 1.86 bits per heavy atom. The summed E-state index contributed by atoms with van der Waals surface area (Å²) in [5, 5.41) is 0. The fraction of sp³-hybridized carbons (Fsp3) is 0.700. The molecule has 0 saturated carbocycles. The van der Waals surface area contributed by atoms with Gasteiger partial charge in [-0.1, -0.05) is 34.9 Å². The van der Waals surface area contributed by atoms with Crippen LogP contribution in [0, 0.1) is 0 Å². The van der Waals surface area contributed by atoms with Gasteiger partial charge in [0.25, 0.3) is 0 Å². The lowest BCUT2D eigenvalue weighted by atomic mass is 10.0. The Morgan fingerprint density at radius 2 is 1.38 bits per heavy atom. The predicted octanol–water partition coefficient (Wildman–Crippen LogP) is 6.36. The van der Waals surface area contributed by atoms with Gasteiger partial charge in [-0.2, -0.15) is 0 Å². The number of ether oxygens (including phenoxy) is 1. The molecule has 21 heavy (non-hydrogen) atoms. The molecule has 1 unspecified atom stereocenters. The highest BCUT2D eigenvalue weighted by molar-refractivity contribution is 5.05. The zero-order valence-corrected chi connectivity index (χ0v) is 15.0. The lowest BCUT2D eigenvalue weighted by Gasteiger charge is -2.01. The maximum Gasteiger partial charge on any atom is 0.0892 e. The Morgan fingerprint density at radius 1 is 0.857 bits per heavy atom. The van der Waals surface area contributed by atoms with Crippen LogP contribution in [-0.4, -0.2) is 11.7 Å². The Balaban J connectivity index is 2.13. The van der Waals surface area contributed by atoms with E-state index in [0.717, 1.165) is 0 Å². The molecule has 0 amide bonds. The molecule has 1 saturated heterocycles. The first-order valence-electron chi connectivity index (χ1n) is 8.43. The maximum atomic E-state index is 5.62. The van der Waals surface area contributed by atoms with Crippen LogP contribution in [0.5, 0.6) is 0 Å². The van der Waals surface area contributed by atoms with Crippen LogP contribution in [0.15, 0.2) is 34.9 Å². The minimum absolute atomic E-state index is 0.144. The van der Waals surface area contributed by atoms with Crippen LogP contribution in [0.3, 0.4) is 0 Å². The normalized spacial score (nSPS) is 21.3. The van der Waals surface area contributed by atoms with Gasteiger partial charge in [0.15, 0.2) is 0 Å². The molecule has 0 aromatic carbocycles. The van der Waals surface area contributed by atoms with Crippen molar-refractivity contribution >= 4 is 0 Å². The number of hydrogen-bond donors (Lipinski definition) is 0. The van der Waals surface area contributed by atoms with Crippen LogP contribution < -0.4 is 0 Å². The quantitative estimate of drug-likeness (QED) is 0.273. The van der Waals surface area contributed by atoms with Gasteiger partial charge in [-0.05, 0) is 80.1 Å². The second-order valence-corrected chi connectivity index (χ2v) is 7.25. The van der Waals surface area contributed by atoms with Gasteiger partial charge in [0.2, 0.25) is 0 Å². The zero-order chi connectivity index (χ0) is 15.9. The first-order valence-corrected chi connectivity index (χ1v) is 8.43. The second-order valence-electron chi connectivity index (χ2n) is 7.25. The highest BCUT2D eigenvalue weighted by Gasteiger charge is 2.46. The fourth-order valence-corrected chi connectivity index (χ4v) is 2.55. The van der Waals surface area contributed by atoms with E-state index in [1.165, 1.54) is 55.2 Å². The highest BCUT2D eigenvalue weighted by atomic mass is 16.6. The van der Waals surface area contributed by atoms with Gasteiger partial charge >= 0.3 is 0 Å². The van der Waals surface area contributed by atoms with E-state index >= 15 is 0 Å². The van der Waals surface area contributed by atoms with E-state index < -0.39 is 0 Å². The Bertz CT molecular complexity index is 406. The third-order valence-electron chi connectivity index (χ3n) is 4.21. The summed E-state index contributed by atoms with van der Waals surface area (Å²) in [6.07, 6.45) is 14.7. The molecule has 0 spiro atoms. The van der Waals surface area contributed by atoms with Gasteiger partial charge in [-0.3, -0.25) is 0 Å². The van der Waals surface area contributed by atoms with Gasteiger partial charge in [0.1, 0.15) is 0 Å².